The first-order chi connectivity index (χ1) is 10.3. The number of rotatable bonds is 5. The quantitative estimate of drug-likeness (QED) is 0.841. The zero-order chi connectivity index (χ0) is 14.7. The summed E-state index contributed by atoms with van der Waals surface area (Å²) in [6.45, 7) is 5.89. The first kappa shape index (κ1) is 15.1. The van der Waals surface area contributed by atoms with Crippen molar-refractivity contribution in [1.29, 1.82) is 0 Å². The van der Waals surface area contributed by atoms with Crippen LogP contribution < -0.4 is 10.2 Å². The lowest BCUT2D eigenvalue weighted by atomic mass is 10.1. The van der Waals surface area contributed by atoms with Gasteiger partial charge in [0.15, 0.2) is 0 Å². The van der Waals surface area contributed by atoms with Gasteiger partial charge in [-0.1, -0.05) is 30.7 Å². The van der Waals surface area contributed by atoms with Gasteiger partial charge in [0.2, 0.25) is 0 Å². The first-order valence-corrected chi connectivity index (χ1v) is 8.55. The van der Waals surface area contributed by atoms with Crippen LogP contribution in [0.25, 0.3) is 0 Å². The fraction of sp³-hybridized carbons (Fsp3) is 0.647. The van der Waals surface area contributed by atoms with Crippen LogP contribution in [-0.4, -0.2) is 31.8 Å². The Labute approximate surface area is 132 Å². The van der Waals surface area contributed by atoms with Crippen LogP contribution in [0.2, 0.25) is 5.02 Å². The van der Waals surface area contributed by atoms with Crippen molar-refractivity contribution in [2.24, 2.45) is 0 Å². The Morgan fingerprint density at radius 2 is 2.29 bits per heavy atom. The molecule has 0 bridgehead atoms. The van der Waals surface area contributed by atoms with Crippen LogP contribution >= 0.6 is 11.6 Å². The molecule has 1 saturated carbocycles. The second-order valence-electron chi connectivity index (χ2n) is 6.03. The van der Waals surface area contributed by atoms with E-state index in [9.17, 15) is 0 Å². The van der Waals surface area contributed by atoms with Crippen molar-refractivity contribution < 1.29 is 4.74 Å². The number of para-hydroxylation sites is 1. The molecule has 0 spiro atoms. The number of hydrogen-bond donors (Lipinski definition) is 1. The van der Waals surface area contributed by atoms with Gasteiger partial charge in [0.05, 0.1) is 29.5 Å². The Balaban J connectivity index is 1.85. The van der Waals surface area contributed by atoms with E-state index in [2.05, 4.69) is 29.3 Å². The summed E-state index contributed by atoms with van der Waals surface area (Å²) >= 11 is 6.56. The molecule has 21 heavy (non-hydrogen) atoms. The van der Waals surface area contributed by atoms with Crippen LogP contribution in [-0.2, 0) is 11.3 Å². The highest BCUT2D eigenvalue weighted by Gasteiger charge is 2.37. The maximum atomic E-state index is 6.56. The van der Waals surface area contributed by atoms with E-state index >= 15 is 0 Å². The van der Waals surface area contributed by atoms with Crippen molar-refractivity contribution in [3.8, 4) is 0 Å². The van der Waals surface area contributed by atoms with Crippen LogP contribution in [0, 0.1) is 0 Å². The molecule has 0 amide bonds. The van der Waals surface area contributed by atoms with Gasteiger partial charge < -0.3 is 15.0 Å². The molecule has 1 aliphatic carbocycles. The number of nitrogens with one attached hydrogen (secondary N) is 1. The topological polar surface area (TPSA) is 24.5 Å². The molecule has 2 aliphatic rings. The number of ether oxygens (including phenoxy) is 1. The van der Waals surface area contributed by atoms with Crippen molar-refractivity contribution in [2.75, 3.05) is 24.6 Å². The second-order valence-corrected chi connectivity index (χ2v) is 6.43. The van der Waals surface area contributed by atoms with Crippen LogP contribution in [0.1, 0.15) is 38.2 Å². The summed E-state index contributed by atoms with van der Waals surface area (Å²) < 4.78 is 5.93. The minimum atomic E-state index is 0.395. The normalized spacial score (nSPS) is 25.1. The molecular weight excluding hydrogens is 284 g/mol. The summed E-state index contributed by atoms with van der Waals surface area (Å²) in [5.41, 5.74) is 2.53. The van der Waals surface area contributed by atoms with E-state index in [1.807, 2.05) is 6.07 Å². The highest BCUT2D eigenvalue weighted by molar-refractivity contribution is 6.33. The Morgan fingerprint density at radius 3 is 3.14 bits per heavy atom. The van der Waals surface area contributed by atoms with E-state index in [0.717, 1.165) is 37.7 Å². The minimum Gasteiger partial charge on any atom is -0.374 e. The molecule has 2 unspecified atom stereocenters. The molecule has 3 nitrogen and oxygen atoms in total. The lowest BCUT2D eigenvalue weighted by Gasteiger charge is -2.40. The van der Waals surface area contributed by atoms with Crippen molar-refractivity contribution in [3.63, 3.8) is 0 Å². The highest BCUT2D eigenvalue weighted by atomic mass is 35.5. The third-order valence-corrected chi connectivity index (χ3v) is 4.89. The van der Waals surface area contributed by atoms with Gasteiger partial charge in [-0.05, 0) is 43.9 Å². The molecule has 116 valence electrons. The van der Waals surface area contributed by atoms with Crippen molar-refractivity contribution in [1.82, 2.24) is 5.32 Å². The van der Waals surface area contributed by atoms with Gasteiger partial charge in [-0.15, -0.1) is 0 Å². The third kappa shape index (κ3) is 3.20. The van der Waals surface area contributed by atoms with E-state index in [1.165, 1.54) is 30.5 Å². The molecule has 1 N–H and O–H groups in total. The van der Waals surface area contributed by atoms with Crippen molar-refractivity contribution >= 4 is 17.3 Å². The number of halogens is 1. The molecular formula is C17H25ClN2O. The smallest absolute Gasteiger partial charge is 0.0779 e. The van der Waals surface area contributed by atoms with Gasteiger partial charge in [-0.25, -0.2) is 0 Å². The SMILES string of the molecule is CCCNCc1cccc(Cl)c1N1CCOC2CCCC21. The average Bonchev–Trinajstić information content (AvgIpc) is 2.96. The van der Waals surface area contributed by atoms with E-state index in [0.29, 0.717) is 12.1 Å². The Morgan fingerprint density at radius 1 is 1.38 bits per heavy atom. The van der Waals surface area contributed by atoms with Gasteiger partial charge in [0, 0.05) is 13.1 Å². The van der Waals surface area contributed by atoms with E-state index in [-0.39, 0.29) is 0 Å². The predicted octanol–water partition coefficient (Wildman–Crippen LogP) is 3.60. The Kier molecular flexibility index (Phi) is 5.04. The van der Waals surface area contributed by atoms with E-state index in [4.69, 9.17) is 16.3 Å². The molecule has 1 aromatic carbocycles. The summed E-state index contributed by atoms with van der Waals surface area (Å²) in [4.78, 5) is 2.51. The molecule has 1 aromatic rings. The maximum absolute atomic E-state index is 6.56. The van der Waals surface area contributed by atoms with Crippen molar-refractivity contribution in [3.05, 3.63) is 28.8 Å². The summed E-state index contributed by atoms with van der Waals surface area (Å²) in [6.07, 6.45) is 5.22. The molecule has 4 heteroatoms. The van der Waals surface area contributed by atoms with Gasteiger partial charge in [-0.2, -0.15) is 0 Å². The van der Waals surface area contributed by atoms with E-state index < -0.39 is 0 Å². The molecule has 2 atom stereocenters. The zero-order valence-corrected chi connectivity index (χ0v) is 13.5. The molecule has 2 fully saturated rings. The van der Waals surface area contributed by atoms with Gasteiger partial charge in [0.1, 0.15) is 0 Å². The Bertz CT molecular complexity index is 480. The molecule has 3 rings (SSSR count). The lowest BCUT2D eigenvalue weighted by Crippen LogP contribution is -2.49. The first-order valence-electron chi connectivity index (χ1n) is 8.17. The third-order valence-electron chi connectivity index (χ3n) is 4.58. The summed E-state index contributed by atoms with van der Waals surface area (Å²) in [6, 6.07) is 6.77. The number of nitrogens with zero attached hydrogens (tertiary/aromatic N) is 1. The van der Waals surface area contributed by atoms with Crippen LogP contribution in [0.15, 0.2) is 18.2 Å². The number of morpholine rings is 1. The lowest BCUT2D eigenvalue weighted by molar-refractivity contribution is 0.0256. The maximum Gasteiger partial charge on any atom is 0.0779 e. The van der Waals surface area contributed by atoms with Crippen LogP contribution in [0.5, 0.6) is 0 Å². The fourth-order valence-corrected chi connectivity index (χ4v) is 3.93. The van der Waals surface area contributed by atoms with Gasteiger partial charge in [0.25, 0.3) is 0 Å². The number of anilines is 1. The Hall–Kier alpha value is -0.770. The molecule has 1 heterocycles. The number of benzene rings is 1. The number of fused-ring (bicyclic) bond motifs is 1. The fourth-order valence-electron chi connectivity index (χ4n) is 3.63. The largest absolute Gasteiger partial charge is 0.374 e. The minimum absolute atomic E-state index is 0.395. The van der Waals surface area contributed by atoms with Crippen molar-refractivity contribution in [2.45, 2.75) is 51.3 Å². The monoisotopic (exact) mass is 308 g/mol. The standard InChI is InChI=1S/C17H25ClN2O/c1-2-9-19-12-13-5-3-6-14(18)17(13)20-10-11-21-16-8-4-7-15(16)20/h3,5-6,15-16,19H,2,4,7-12H2,1H3. The molecule has 0 aromatic heterocycles. The van der Waals surface area contributed by atoms with Crippen LogP contribution in [0.4, 0.5) is 5.69 Å². The highest BCUT2D eigenvalue weighted by Crippen LogP contribution is 2.38. The molecule has 1 aliphatic heterocycles. The summed E-state index contributed by atoms with van der Waals surface area (Å²) in [7, 11) is 0. The van der Waals surface area contributed by atoms with Gasteiger partial charge >= 0.3 is 0 Å². The molecule has 1 saturated heterocycles. The molecule has 0 radical (unpaired) electrons. The van der Waals surface area contributed by atoms with Crippen LogP contribution in [0.3, 0.4) is 0 Å². The summed E-state index contributed by atoms with van der Waals surface area (Å²) in [5.74, 6) is 0. The number of hydrogen-bond acceptors (Lipinski definition) is 3. The zero-order valence-electron chi connectivity index (χ0n) is 12.8. The second kappa shape index (κ2) is 6.99. The summed E-state index contributed by atoms with van der Waals surface area (Å²) in [5, 5.41) is 4.37. The van der Waals surface area contributed by atoms with E-state index in [1.54, 1.807) is 0 Å². The predicted molar refractivity (Wildman–Crippen MR) is 88.2 cm³/mol. The average molecular weight is 309 g/mol. The van der Waals surface area contributed by atoms with Gasteiger partial charge in [-0.3, -0.25) is 0 Å².